The van der Waals surface area contributed by atoms with Gasteiger partial charge in [0, 0.05) is 25.2 Å². The van der Waals surface area contributed by atoms with Gasteiger partial charge in [-0.25, -0.2) is 0 Å². The first-order chi connectivity index (χ1) is 8.69. The molecule has 0 spiro atoms. The zero-order valence-corrected chi connectivity index (χ0v) is 11.6. The quantitative estimate of drug-likeness (QED) is 0.899. The lowest BCUT2D eigenvalue weighted by Crippen LogP contribution is -2.25. The highest BCUT2D eigenvalue weighted by atomic mass is 32.1. The lowest BCUT2D eigenvalue weighted by molar-refractivity contribution is 0.796. The zero-order chi connectivity index (χ0) is 13.0. The van der Waals surface area contributed by atoms with Crippen molar-refractivity contribution in [1.29, 1.82) is 0 Å². The van der Waals surface area contributed by atoms with E-state index < -0.39 is 0 Å². The number of aromatic nitrogens is 2. The molecule has 1 heterocycles. The van der Waals surface area contributed by atoms with E-state index in [1.807, 2.05) is 0 Å². The van der Waals surface area contributed by atoms with E-state index in [1.54, 1.807) is 0 Å². The molecule has 0 unspecified atom stereocenters. The van der Waals surface area contributed by atoms with Crippen molar-refractivity contribution in [3.05, 3.63) is 34.8 Å². The molecule has 0 atom stereocenters. The van der Waals surface area contributed by atoms with Gasteiger partial charge in [-0.3, -0.25) is 0 Å². The number of rotatable bonds is 5. The molecular formula is C13H18N4S. The minimum Gasteiger partial charge on any atom is -0.374 e. The third-order valence-corrected chi connectivity index (χ3v) is 3.64. The predicted molar refractivity (Wildman–Crippen MR) is 77.1 cm³/mol. The number of nitrogens with two attached hydrogens (primary N) is 1. The highest BCUT2D eigenvalue weighted by Crippen LogP contribution is 2.17. The second kappa shape index (κ2) is 5.82. The second-order valence-electron chi connectivity index (χ2n) is 4.20. The van der Waals surface area contributed by atoms with Gasteiger partial charge in [0.1, 0.15) is 5.01 Å². The Morgan fingerprint density at radius 1 is 1.33 bits per heavy atom. The van der Waals surface area contributed by atoms with Crippen LogP contribution < -0.4 is 10.6 Å². The molecule has 1 aromatic heterocycles. The Labute approximate surface area is 111 Å². The molecule has 4 nitrogen and oxygen atoms in total. The second-order valence-corrected chi connectivity index (χ2v) is 5.30. The Balaban J connectivity index is 2.01. The third kappa shape index (κ3) is 3.20. The summed E-state index contributed by atoms with van der Waals surface area (Å²) < 4.78 is 0. The third-order valence-electron chi connectivity index (χ3n) is 2.83. The van der Waals surface area contributed by atoms with Crippen LogP contribution in [0.5, 0.6) is 0 Å². The van der Waals surface area contributed by atoms with Crippen LogP contribution in [0.1, 0.15) is 17.5 Å². The van der Waals surface area contributed by atoms with Gasteiger partial charge in [-0.05, 0) is 31.5 Å². The molecular weight excluding hydrogens is 244 g/mol. The summed E-state index contributed by atoms with van der Waals surface area (Å²) in [6, 6.07) is 8.56. The van der Waals surface area contributed by atoms with Crippen LogP contribution in [0.4, 0.5) is 10.8 Å². The van der Waals surface area contributed by atoms with E-state index in [4.69, 9.17) is 5.73 Å². The van der Waals surface area contributed by atoms with E-state index in [2.05, 4.69) is 53.2 Å². The monoisotopic (exact) mass is 262 g/mol. The lowest BCUT2D eigenvalue weighted by Gasteiger charge is -2.22. The van der Waals surface area contributed by atoms with Gasteiger partial charge in [-0.2, -0.15) is 0 Å². The Kier molecular flexibility index (Phi) is 4.15. The van der Waals surface area contributed by atoms with E-state index in [0.29, 0.717) is 5.13 Å². The molecule has 2 rings (SSSR count). The maximum absolute atomic E-state index is 5.58. The summed E-state index contributed by atoms with van der Waals surface area (Å²) in [5.74, 6) is 0. The maximum atomic E-state index is 5.58. The largest absolute Gasteiger partial charge is 0.374 e. The Morgan fingerprint density at radius 3 is 2.78 bits per heavy atom. The molecule has 0 saturated carbocycles. The minimum absolute atomic E-state index is 0.545. The smallest absolute Gasteiger partial charge is 0.203 e. The number of aryl methyl sites for hydroxylation is 1. The fourth-order valence-electron chi connectivity index (χ4n) is 1.89. The molecule has 0 aliphatic rings. The van der Waals surface area contributed by atoms with Gasteiger partial charge < -0.3 is 10.6 Å². The highest BCUT2D eigenvalue weighted by molar-refractivity contribution is 7.15. The number of benzene rings is 1. The fourth-order valence-corrected chi connectivity index (χ4v) is 2.49. The topological polar surface area (TPSA) is 55.0 Å². The zero-order valence-electron chi connectivity index (χ0n) is 10.8. The van der Waals surface area contributed by atoms with E-state index in [0.717, 1.165) is 24.5 Å². The van der Waals surface area contributed by atoms with E-state index in [1.165, 1.54) is 22.6 Å². The van der Waals surface area contributed by atoms with Crippen LogP contribution in [0.25, 0.3) is 0 Å². The van der Waals surface area contributed by atoms with Crippen molar-refractivity contribution in [2.24, 2.45) is 0 Å². The van der Waals surface area contributed by atoms with Gasteiger partial charge >= 0.3 is 0 Å². The van der Waals surface area contributed by atoms with E-state index in [-0.39, 0.29) is 0 Å². The number of nitrogen functional groups attached to an aromatic ring is 1. The lowest BCUT2D eigenvalue weighted by atomic mass is 10.2. The standard InChI is InChI=1S/C13H18N4S/c1-3-17(11-6-4-5-10(2)9-11)8-7-12-15-16-13(14)18-12/h4-6,9H,3,7-8H2,1-2H3,(H2,14,16). The summed E-state index contributed by atoms with van der Waals surface area (Å²) in [6.45, 7) is 6.20. The molecule has 0 amide bonds. The summed E-state index contributed by atoms with van der Waals surface area (Å²) in [4.78, 5) is 2.34. The Morgan fingerprint density at radius 2 is 2.17 bits per heavy atom. The van der Waals surface area contributed by atoms with Crippen molar-refractivity contribution in [1.82, 2.24) is 10.2 Å². The number of hydrogen-bond acceptors (Lipinski definition) is 5. The summed E-state index contributed by atoms with van der Waals surface area (Å²) in [7, 11) is 0. The van der Waals surface area contributed by atoms with Crippen LogP contribution in [0.3, 0.4) is 0 Å². The van der Waals surface area contributed by atoms with E-state index >= 15 is 0 Å². The summed E-state index contributed by atoms with van der Waals surface area (Å²) in [5.41, 5.74) is 8.12. The van der Waals surface area contributed by atoms with Gasteiger partial charge in [0.2, 0.25) is 5.13 Å². The highest BCUT2D eigenvalue weighted by Gasteiger charge is 2.07. The minimum atomic E-state index is 0.545. The Hall–Kier alpha value is -1.62. The fraction of sp³-hybridized carbons (Fsp3) is 0.385. The van der Waals surface area contributed by atoms with Gasteiger partial charge in [0.15, 0.2) is 0 Å². The van der Waals surface area contributed by atoms with Crippen molar-refractivity contribution in [2.75, 3.05) is 23.7 Å². The van der Waals surface area contributed by atoms with Crippen LogP contribution in [-0.2, 0) is 6.42 Å². The number of nitrogens with zero attached hydrogens (tertiary/aromatic N) is 3. The van der Waals surface area contributed by atoms with Crippen LogP contribution in [0.2, 0.25) is 0 Å². The molecule has 2 N–H and O–H groups in total. The number of hydrogen-bond donors (Lipinski definition) is 1. The van der Waals surface area contributed by atoms with Gasteiger partial charge in [0.25, 0.3) is 0 Å². The molecule has 0 bridgehead atoms. The molecule has 0 radical (unpaired) electrons. The van der Waals surface area contributed by atoms with Crippen molar-refractivity contribution in [3.63, 3.8) is 0 Å². The Bertz CT molecular complexity index is 509. The normalized spacial score (nSPS) is 10.6. The van der Waals surface area contributed by atoms with Crippen molar-refractivity contribution in [3.8, 4) is 0 Å². The van der Waals surface area contributed by atoms with Gasteiger partial charge in [-0.15, -0.1) is 10.2 Å². The summed E-state index contributed by atoms with van der Waals surface area (Å²) in [6.07, 6.45) is 0.886. The van der Waals surface area contributed by atoms with Crippen LogP contribution in [0.15, 0.2) is 24.3 Å². The molecule has 96 valence electrons. The van der Waals surface area contributed by atoms with Crippen molar-refractivity contribution >= 4 is 22.2 Å². The first-order valence-corrected chi connectivity index (χ1v) is 6.90. The molecule has 0 saturated heterocycles. The van der Waals surface area contributed by atoms with Crippen LogP contribution >= 0.6 is 11.3 Å². The van der Waals surface area contributed by atoms with Crippen molar-refractivity contribution < 1.29 is 0 Å². The molecule has 18 heavy (non-hydrogen) atoms. The SMILES string of the molecule is CCN(CCc1nnc(N)s1)c1cccc(C)c1. The van der Waals surface area contributed by atoms with E-state index in [9.17, 15) is 0 Å². The molecule has 0 aliphatic carbocycles. The summed E-state index contributed by atoms with van der Waals surface area (Å²) >= 11 is 1.47. The average Bonchev–Trinajstić information content (AvgIpc) is 2.76. The number of anilines is 2. The van der Waals surface area contributed by atoms with Crippen LogP contribution in [-0.4, -0.2) is 23.3 Å². The predicted octanol–water partition coefficient (Wildman–Crippen LogP) is 2.50. The van der Waals surface area contributed by atoms with Crippen LogP contribution in [0, 0.1) is 6.92 Å². The van der Waals surface area contributed by atoms with Gasteiger partial charge in [-0.1, -0.05) is 23.5 Å². The van der Waals surface area contributed by atoms with Gasteiger partial charge in [0.05, 0.1) is 0 Å². The number of likely N-dealkylation sites (N-methyl/N-ethyl adjacent to an activating group) is 1. The molecule has 0 fully saturated rings. The summed E-state index contributed by atoms with van der Waals surface area (Å²) in [5, 5.41) is 9.43. The molecule has 5 heteroatoms. The average molecular weight is 262 g/mol. The molecule has 1 aromatic carbocycles. The first kappa shape index (κ1) is 12.8. The molecule has 0 aliphatic heterocycles. The molecule has 2 aromatic rings. The maximum Gasteiger partial charge on any atom is 0.203 e. The first-order valence-electron chi connectivity index (χ1n) is 6.08. The van der Waals surface area contributed by atoms with Crippen molar-refractivity contribution in [2.45, 2.75) is 20.3 Å².